The van der Waals surface area contributed by atoms with Crippen LogP contribution >= 0.6 is 11.6 Å². The van der Waals surface area contributed by atoms with E-state index in [-0.39, 0.29) is 11.8 Å². The van der Waals surface area contributed by atoms with Crippen molar-refractivity contribution in [3.8, 4) is 11.5 Å². The second-order valence-corrected chi connectivity index (χ2v) is 6.44. The molecule has 1 aromatic heterocycles. The third-order valence-corrected chi connectivity index (χ3v) is 4.56. The van der Waals surface area contributed by atoms with E-state index in [4.69, 9.17) is 21.1 Å². The highest BCUT2D eigenvalue weighted by Crippen LogP contribution is 2.25. The van der Waals surface area contributed by atoms with Crippen molar-refractivity contribution in [3.05, 3.63) is 58.9 Å². The Hall–Kier alpha value is -3.06. The zero-order valence-corrected chi connectivity index (χ0v) is 16.3. The van der Waals surface area contributed by atoms with Gasteiger partial charge in [0.15, 0.2) is 0 Å². The topological polar surface area (TPSA) is 72.0 Å². The first kappa shape index (κ1) is 19.7. The predicted molar refractivity (Wildman–Crippen MR) is 105 cm³/mol. The Morgan fingerprint density at radius 2 is 1.89 bits per heavy atom. The van der Waals surface area contributed by atoms with E-state index in [0.717, 1.165) is 0 Å². The Kier molecular flexibility index (Phi) is 6.16. The third kappa shape index (κ3) is 4.26. The number of ether oxygens (including phenoxy) is 2. The fourth-order valence-corrected chi connectivity index (χ4v) is 3.03. The van der Waals surface area contributed by atoms with Gasteiger partial charge in [-0.2, -0.15) is 0 Å². The number of hydrazine groups is 1. The third-order valence-electron chi connectivity index (χ3n) is 4.34. The average molecular weight is 402 g/mol. The summed E-state index contributed by atoms with van der Waals surface area (Å²) in [7, 11) is 3.13. The van der Waals surface area contributed by atoms with Gasteiger partial charge >= 0.3 is 0 Å². The van der Waals surface area contributed by atoms with Crippen LogP contribution in [0.1, 0.15) is 22.3 Å². The minimum absolute atomic E-state index is 0.289. The number of pyridine rings is 1. The number of amides is 2. The van der Waals surface area contributed by atoms with Crippen LogP contribution < -0.4 is 9.47 Å². The van der Waals surface area contributed by atoms with E-state index in [1.807, 2.05) is 0 Å². The van der Waals surface area contributed by atoms with Crippen molar-refractivity contribution in [1.82, 2.24) is 15.0 Å². The van der Waals surface area contributed by atoms with Gasteiger partial charge in [0, 0.05) is 30.9 Å². The van der Waals surface area contributed by atoms with E-state index < -0.39 is 0 Å². The summed E-state index contributed by atoms with van der Waals surface area (Å²) < 4.78 is 10.5. The Morgan fingerprint density at radius 3 is 2.57 bits per heavy atom. The molecule has 28 heavy (non-hydrogen) atoms. The van der Waals surface area contributed by atoms with E-state index >= 15 is 0 Å². The van der Waals surface area contributed by atoms with Crippen LogP contribution in [0.15, 0.2) is 42.6 Å². The Bertz CT molecular complexity index is 899. The highest BCUT2D eigenvalue weighted by Gasteiger charge is 2.30. The monoisotopic (exact) mass is 401 g/mol. The first-order chi connectivity index (χ1) is 13.5. The molecule has 1 aromatic carbocycles. The second-order valence-electron chi connectivity index (χ2n) is 6.05. The van der Waals surface area contributed by atoms with E-state index in [2.05, 4.69) is 4.98 Å². The highest BCUT2D eigenvalue weighted by molar-refractivity contribution is 6.29. The Labute approximate surface area is 168 Å². The Morgan fingerprint density at radius 1 is 1.11 bits per heavy atom. The van der Waals surface area contributed by atoms with Gasteiger partial charge in [0.2, 0.25) is 0 Å². The molecule has 0 aliphatic carbocycles. The number of carbonyl (C=O) groups is 2. The molecule has 0 bridgehead atoms. The molecule has 0 unspecified atom stereocenters. The van der Waals surface area contributed by atoms with Gasteiger partial charge in [-0.15, -0.1) is 0 Å². The van der Waals surface area contributed by atoms with Crippen molar-refractivity contribution in [2.45, 2.75) is 6.42 Å². The molecule has 7 nitrogen and oxygen atoms in total. The van der Waals surface area contributed by atoms with Gasteiger partial charge in [-0.1, -0.05) is 11.6 Å². The number of aromatic nitrogens is 1. The standard InChI is InChI=1S/C20H20ClN3O4/c1-27-16-6-7-17(28-2)14(12-16)5-9-19(25)23-10-3-11-24(23)20(26)15-4-8-18(21)22-13-15/h4-9,12-13H,3,10-11H2,1-2H3. The maximum atomic E-state index is 12.7. The summed E-state index contributed by atoms with van der Waals surface area (Å²) in [6.07, 6.45) is 5.18. The number of hydrogen-bond acceptors (Lipinski definition) is 5. The molecular weight excluding hydrogens is 382 g/mol. The molecule has 1 saturated heterocycles. The molecular formula is C20H20ClN3O4. The number of carbonyl (C=O) groups excluding carboxylic acids is 2. The van der Waals surface area contributed by atoms with Crippen LogP contribution in [0.25, 0.3) is 6.08 Å². The van der Waals surface area contributed by atoms with Crippen molar-refractivity contribution in [2.24, 2.45) is 0 Å². The van der Waals surface area contributed by atoms with Gasteiger partial charge < -0.3 is 9.47 Å². The zero-order valence-electron chi connectivity index (χ0n) is 15.6. The molecule has 1 fully saturated rings. The van der Waals surface area contributed by atoms with Crippen molar-refractivity contribution < 1.29 is 19.1 Å². The average Bonchev–Trinajstić information content (AvgIpc) is 3.21. The molecule has 1 aliphatic heterocycles. The second kappa shape index (κ2) is 8.75. The summed E-state index contributed by atoms with van der Waals surface area (Å²) in [4.78, 5) is 29.4. The van der Waals surface area contributed by atoms with E-state index in [0.29, 0.717) is 47.3 Å². The first-order valence-corrected chi connectivity index (χ1v) is 9.06. The molecule has 0 radical (unpaired) electrons. The molecule has 146 valence electrons. The lowest BCUT2D eigenvalue weighted by molar-refractivity contribution is -0.134. The van der Waals surface area contributed by atoms with Crippen molar-refractivity contribution in [3.63, 3.8) is 0 Å². The number of rotatable bonds is 5. The number of nitrogens with zero attached hydrogens (tertiary/aromatic N) is 3. The largest absolute Gasteiger partial charge is 0.497 e. The van der Waals surface area contributed by atoms with Gasteiger partial charge in [0.1, 0.15) is 16.7 Å². The number of benzene rings is 1. The van der Waals surface area contributed by atoms with Gasteiger partial charge in [0.25, 0.3) is 11.8 Å². The summed E-state index contributed by atoms with van der Waals surface area (Å²) in [5.74, 6) is 0.688. The summed E-state index contributed by atoms with van der Waals surface area (Å²) in [6.45, 7) is 0.925. The molecule has 0 atom stereocenters. The normalized spacial score (nSPS) is 13.8. The molecule has 0 N–H and O–H groups in total. The number of hydrogen-bond donors (Lipinski definition) is 0. The fourth-order valence-electron chi connectivity index (χ4n) is 2.92. The van der Waals surface area contributed by atoms with Gasteiger partial charge in [-0.3, -0.25) is 9.59 Å². The van der Waals surface area contributed by atoms with E-state index in [9.17, 15) is 9.59 Å². The van der Waals surface area contributed by atoms with Crippen LogP contribution in [-0.4, -0.2) is 54.1 Å². The molecule has 2 amide bonds. The summed E-state index contributed by atoms with van der Waals surface area (Å²) in [6, 6.07) is 8.46. The number of halogens is 1. The predicted octanol–water partition coefficient (Wildman–Crippen LogP) is 3.06. The summed E-state index contributed by atoms with van der Waals surface area (Å²) in [5, 5.41) is 3.17. The van der Waals surface area contributed by atoms with Gasteiger partial charge in [-0.25, -0.2) is 15.0 Å². The molecule has 0 spiro atoms. The van der Waals surface area contributed by atoms with Crippen molar-refractivity contribution in [2.75, 3.05) is 27.3 Å². The lowest BCUT2D eigenvalue weighted by Crippen LogP contribution is -2.44. The molecule has 2 heterocycles. The van der Waals surface area contributed by atoms with Crippen molar-refractivity contribution in [1.29, 1.82) is 0 Å². The van der Waals surface area contributed by atoms with Gasteiger partial charge in [0.05, 0.1) is 19.8 Å². The van der Waals surface area contributed by atoms with Crippen LogP contribution in [0.3, 0.4) is 0 Å². The van der Waals surface area contributed by atoms with E-state index in [1.54, 1.807) is 50.6 Å². The maximum Gasteiger partial charge on any atom is 0.274 e. The SMILES string of the molecule is COc1ccc(OC)c(C=CC(=O)N2CCCN2C(=O)c2ccc(Cl)nc2)c1. The Balaban J connectivity index is 1.77. The first-order valence-electron chi connectivity index (χ1n) is 8.68. The maximum absolute atomic E-state index is 12.7. The zero-order chi connectivity index (χ0) is 20.1. The quantitative estimate of drug-likeness (QED) is 0.568. The summed E-state index contributed by atoms with van der Waals surface area (Å²) in [5.41, 5.74) is 1.08. The van der Waals surface area contributed by atoms with Crippen LogP contribution in [-0.2, 0) is 4.79 Å². The highest BCUT2D eigenvalue weighted by atomic mass is 35.5. The lowest BCUT2D eigenvalue weighted by atomic mass is 10.1. The fraction of sp³-hybridized carbons (Fsp3) is 0.250. The molecule has 2 aromatic rings. The molecule has 1 aliphatic rings. The van der Waals surface area contributed by atoms with Crippen LogP contribution in [0, 0.1) is 0 Å². The van der Waals surface area contributed by atoms with E-state index in [1.165, 1.54) is 22.3 Å². The smallest absolute Gasteiger partial charge is 0.274 e. The molecule has 3 rings (SSSR count). The minimum Gasteiger partial charge on any atom is -0.497 e. The summed E-state index contributed by atoms with van der Waals surface area (Å²) >= 11 is 5.77. The van der Waals surface area contributed by atoms with Crippen LogP contribution in [0.5, 0.6) is 11.5 Å². The van der Waals surface area contributed by atoms with Crippen LogP contribution in [0.2, 0.25) is 5.15 Å². The van der Waals surface area contributed by atoms with Crippen molar-refractivity contribution >= 4 is 29.5 Å². The number of methoxy groups -OCH3 is 2. The van der Waals surface area contributed by atoms with Crippen LogP contribution in [0.4, 0.5) is 0 Å². The molecule has 8 heteroatoms. The lowest BCUT2D eigenvalue weighted by Gasteiger charge is -2.26. The minimum atomic E-state index is -0.294. The van der Waals surface area contributed by atoms with Gasteiger partial charge in [-0.05, 0) is 42.8 Å². The molecule has 0 saturated carbocycles.